The number of rotatable bonds is 4. The quantitative estimate of drug-likeness (QED) is 0.758. The van der Waals surface area contributed by atoms with Crippen molar-refractivity contribution in [2.45, 2.75) is 6.42 Å². The molecule has 26 heavy (non-hydrogen) atoms. The van der Waals surface area contributed by atoms with Gasteiger partial charge in [-0.1, -0.05) is 18.2 Å². The smallest absolute Gasteiger partial charge is 0.262 e. The number of ether oxygens (including phenoxy) is 1. The molecule has 0 fully saturated rings. The number of amides is 2. The Labute approximate surface area is 149 Å². The van der Waals surface area contributed by atoms with Crippen LogP contribution >= 0.6 is 0 Å². The molecule has 2 aromatic carbocycles. The molecular weight excluding hydrogens is 332 g/mol. The van der Waals surface area contributed by atoms with Crippen LogP contribution in [0.5, 0.6) is 5.75 Å². The molecule has 0 saturated heterocycles. The van der Waals surface area contributed by atoms with Gasteiger partial charge in [0, 0.05) is 11.9 Å². The highest BCUT2D eigenvalue weighted by atomic mass is 16.5. The summed E-state index contributed by atoms with van der Waals surface area (Å²) in [4.78, 5) is 23.7. The Bertz CT molecular complexity index is 966. The second kappa shape index (κ2) is 6.72. The van der Waals surface area contributed by atoms with Gasteiger partial charge in [0.2, 0.25) is 5.91 Å². The van der Waals surface area contributed by atoms with Crippen molar-refractivity contribution in [3.63, 3.8) is 0 Å². The van der Waals surface area contributed by atoms with Gasteiger partial charge < -0.3 is 15.4 Å². The zero-order valence-electron chi connectivity index (χ0n) is 13.8. The van der Waals surface area contributed by atoms with E-state index in [1.807, 2.05) is 36.5 Å². The summed E-state index contributed by atoms with van der Waals surface area (Å²) < 4.78 is 7.03. The summed E-state index contributed by atoms with van der Waals surface area (Å²) in [5.74, 6) is 0.210. The molecule has 130 valence electrons. The fourth-order valence-corrected chi connectivity index (χ4v) is 2.72. The summed E-state index contributed by atoms with van der Waals surface area (Å²) in [6.45, 7) is 0.00408. The standard InChI is InChI=1S/C19H16N4O3/c24-18(8-13-10-20-23(11-13)15-4-2-1-3-5-15)21-14-6-7-17-16(9-14)22-19(25)12-26-17/h1-7,9-11H,8,12H2,(H,21,24)(H,22,25). The van der Waals surface area contributed by atoms with Gasteiger partial charge in [-0.3, -0.25) is 9.59 Å². The predicted molar refractivity (Wildman–Crippen MR) is 96.5 cm³/mol. The number of carbonyl (C=O) groups excluding carboxylic acids is 2. The molecule has 0 saturated carbocycles. The van der Waals surface area contributed by atoms with Crippen LogP contribution in [0.2, 0.25) is 0 Å². The van der Waals surface area contributed by atoms with Gasteiger partial charge in [-0.25, -0.2) is 4.68 Å². The molecule has 0 spiro atoms. The lowest BCUT2D eigenvalue weighted by Gasteiger charge is -2.18. The highest BCUT2D eigenvalue weighted by molar-refractivity contribution is 5.97. The maximum atomic E-state index is 12.3. The first-order valence-corrected chi connectivity index (χ1v) is 8.13. The molecule has 0 unspecified atom stereocenters. The first-order chi connectivity index (χ1) is 12.7. The molecule has 0 radical (unpaired) electrons. The molecule has 7 heteroatoms. The average molecular weight is 348 g/mol. The Kier molecular flexibility index (Phi) is 4.10. The number of aromatic nitrogens is 2. The summed E-state index contributed by atoms with van der Waals surface area (Å²) in [6.07, 6.45) is 3.70. The Morgan fingerprint density at radius 2 is 2.08 bits per heavy atom. The van der Waals surface area contributed by atoms with Crippen molar-refractivity contribution in [2.75, 3.05) is 17.2 Å². The second-order valence-corrected chi connectivity index (χ2v) is 5.90. The maximum absolute atomic E-state index is 12.3. The highest BCUT2D eigenvalue weighted by Gasteiger charge is 2.16. The zero-order valence-corrected chi connectivity index (χ0v) is 13.8. The van der Waals surface area contributed by atoms with Gasteiger partial charge in [-0.15, -0.1) is 0 Å². The lowest BCUT2D eigenvalue weighted by atomic mass is 10.2. The van der Waals surface area contributed by atoms with E-state index in [1.54, 1.807) is 29.1 Å². The third kappa shape index (κ3) is 3.41. The zero-order chi connectivity index (χ0) is 17.9. The summed E-state index contributed by atoms with van der Waals surface area (Å²) in [6, 6.07) is 14.8. The molecule has 1 aromatic heterocycles. The number of hydrogen-bond acceptors (Lipinski definition) is 4. The molecule has 0 bridgehead atoms. The Morgan fingerprint density at radius 3 is 2.92 bits per heavy atom. The van der Waals surface area contributed by atoms with Crippen LogP contribution in [0.1, 0.15) is 5.56 Å². The Hall–Kier alpha value is -3.61. The number of carbonyl (C=O) groups is 2. The van der Waals surface area contributed by atoms with Crippen LogP contribution in [0.3, 0.4) is 0 Å². The van der Waals surface area contributed by atoms with Crippen molar-refractivity contribution >= 4 is 23.2 Å². The molecular formula is C19H16N4O3. The fourth-order valence-electron chi connectivity index (χ4n) is 2.72. The Morgan fingerprint density at radius 1 is 1.23 bits per heavy atom. The lowest BCUT2D eigenvalue weighted by Crippen LogP contribution is -2.25. The van der Waals surface area contributed by atoms with Gasteiger partial charge in [0.15, 0.2) is 6.61 Å². The van der Waals surface area contributed by atoms with Crippen LogP contribution in [0.15, 0.2) is 60.9 Å². The molecule has 2 N–H and O–H groups in total. The number of anilines is 2. The van der Waals surface area contributed by atoms with Gasteiger partial charge in [0.1, 0.15) is 5.75 Å². The van der Waals surface area contributed by atoms with E-state index >= 15 is 0 Å². The van der Waals surface area contributed by atoms with Gasteiger partial charge >= 0.3 is 0 Å². The van der Waals surface area contributed by atoms with Crippen molar-refractivity contribution in [2.24, 2.45) is 0 Å². The minimum atomic E-state index is -0.214. The van der Waals surface area contributed by atoms with Crippen molar-refractivity contribution in [3.8, 4) is 11.4 Å². The molecule has 3 aromatic rings. The monoisotopic (exact) mass is 348 g/mol. The van der Waals surface area contributed by atoms with Crippen molar-refractivity contribution in [1.82, 2.24) is 9.78 Å². The van der Waals surface area contributed by atoms with Gasteiger partial charge in [-0.05, 0) is 35.9 Å². The van der Waals surface area contributed by atoms with Crippen LogP contribution in [0, 0.1) is 0 Å². The van der Waals surface area contributed by atoms with Crippen LogP contribution in [-0.4, -0.2) is 28.2 Å². The van der Waals surface area contributed by atoms with E-state index in [2.05, 4.69) is 15.7 Å². The summed E-state index contributed by atoms with van der Waals surface area (Å²) in [5.41, 5.74) is 2.89. The van der Waals surface area contributed by atoms with E-state index in [4.69, 9.17) is 4.74 Å². The fraction of sp³-hybridized carbons (Fsp3) is 0.105. The van der Waals surface area contributed by atoms with E-state index in [0.717, 1.165) is 11.3 Å². The third-order valence-corrected chi connectivity index (χ3v) is 3.92. The van der Waals surface area contributed by atoms with E-state index in [1.165, 1.54) is 0 Å². The molecule has 1 aliphatic rings. The number of fused-ring (bicyclic) bond motifs is 1. The molecule has 0 atom stereocenters. The van der Waals surface area contributed by atoms with Gasteiger partial charge in [0.25, 0.3) is 5.91 Å². The van der Waals surface area contributed by atoms with Crippen LogP contribution in [-0.2, 0) is 16.0 Å². The second-order valence-electron chi connectivity index (χ2n) is 5.90. The van der Waals surface area contributed by atoms with Crippen LogP contribution in [0.25, 0.3) is 5.69 Å². The molecule has 1 aliphatic heterocycles. The number of benzene rings is 2. The first-order valence-electron chi connectivity index (χ1n) is 8.13. The number of nitrogens with one attached hydrogen (secondary N) is 2. The third-order valence-electron chi connectivity index (χ3n) is 3.92. The predicted octanol–water partition coefficient (Wildman–Crippen LogP) is 2.38. The van der Waals surface area contributed by atoms with Gasteiger partial charge in [0.05, 0.1) is 24.0 Å². The van der Waals surface area contributed by atoms with E-state index in [0.29, 0.717) is 17.1 Å². The largest absolute Gasteiger partial charge is 0.482 e. The number of nitrogens with zero attached hydrogens (tertiary/aromatic N) is 2. The van der Waals surface area contributed by atoms with E-state index in [9.17, 15) is 9.59 Å². The van der Waals surface area contributed by atoms with E-state index < -0.39 is 0 Å². The van der Waals surface area contributed by atoms with Gasteiger partial charge in [-0.2, -0.15) is 5.10 Å². The molecule has 2 amide bonds. The van der Waals surface area contributed by atoms with Crippen LogP contribution in [0.4, 0.5) is 11.4 Å². The van der Waals surface area contributed by atoms with Crippen LogP contribution < -0.4 is 15.4 Å². The summed E-state index contributed by atoms with van der Waals surface area (Å²) in [7, 11) is 0. The maximum Gasteiger partial charge on any atom is 0.262 e. The number of para-hydroxylation sites is 1. The highest BCUT2D eigenvalue weighted by Crippen LogP contribution is 2.30. The minimum Gasteiger partial charge on any atom is -0.482 e. The Balaban J connectivity index is 1.42. The van der Waals surface area contributed by atoms with E-state index in [-0.39, 0.29) is 24.8 Å². The molecule has 0 aliphatic carbocycles. The van der Waals surface area contributed by atoms with Crippen molar-refractivity contribution in [3.05, 3.63) is 66.5 Å². The normalized spacial score (nSPS) is 12.7. The molecule has 7 nitrogen and oxygen atoms in total. The topological polar surface area (TPSA) is 85.3 Å². The molecule has 4 rings (SSSR count). The average Bonchev–Trinajstić information content (AvgIpc) is 3.10. The van der Waals surface area contributed by atoms with Crippen molar-refractivity contribution < 1.29 is 14.3 Å². The lowest BCUT2D eigenvalue weighted by molar-refractivity contribution is -0.118. The SMILES string of the molecule is O=C(Cc1cnn(-c2ccccc2)c1)Nc1ccc2c(c1)NC(=O)CO2. The summed E-state index contributed by atoms with van der Waals surface area (Å²) >= 11 is 0. The summed E-state index contributed by atoms with van der Waals surface area (Å²) in [5, 5.41) is 9.82. The minimum absolute atomic E-state index is 0.00408. The van der Waals surface area contributed by atoms with Crippen molar-refractivity contribution in [1.29, 1.82) is 0 Å². The number of hydrogen-bond donors (Lipinski definition) is 2. The first kappa shape index (κ1) is 15.9. The molecule has 2 heterocycles.